The molecule has 100 valence electrons. The molecule has 0 aromatic heterocycles. The van der Waals surface area contributed by atoms with Crippen LogP contribution in [0.4, 0.5) is 15.8 Å². The molecule has 0 aliphatic heterocycles. The molecule has 4 nitrogen and oxygen atoms in total. The molecule has 2 aromatic rings. The average molecular weight is 291 g/mol. The summed E-state index contributed by atoms with van der Waals surface area (Å²) in [5.41, 5.74) is 0.575. The van der Waals surface area contributed by atoms with Crippen LogP contribution in [-0.2, 0) is 0 Å². The Morgan fingerprint density at radius 2 is 2.05 bits per heavy atom. The summed E-state index contributed by atoms with van der Waals surface area (Å²) < 4.78 is 13.2. The summed E-state index contributed by atoms with van der Waals surface area (Å²) in [7, 11) is 0. The molecule has 20 heavy (non-hydrogen) atoms. The Morgan fingerprint density at radius 3 is 2.70 bits per heavy atom. The Morgan fingerprint density at radius 1 is 1.30 bits per heavy atom. The molecule has 2 aromatic carbocycles. The average Bonchev–Trinajstić information content (AvgIpc) is 2.42. The van der Waals surface area contributed by atoms with E-state index in [1.54, 1.807) is 6.07 Å². The van der Waals surface area contributed by atoms with Gasteiger partial charge in [0.15, 0.2) is 0 Å². The van der Waals surface area contributed by atoms with E-state index in [0.29, 0.717) is 16.4 Å². The molecule has 0 saturated heterocycles. The number of benzene rings is 2. The number of aromatic carboxylic acids is 1. The predicted octanol–water partition coefficient (Wildman–Crippen LogP) is 3.79. The highest BCUT2D eigenvalue weighted by Gasteiger charge is 2.11. The summed E-state index contributed by atoms with van der Waals surface area (Å²) in [6, 6.07) is 9.91. The molecule has 6 heteroatoms. The molecule has 0 atom stereocenters. The highest BCUT2D eigenvalue weighted by atomic mass is 35.5. The van der Waals surface area contributed by atoms with E-state index in [-0.39, 0.29) is 11.1 Å². The minimum absolute atomic E-state index is 0.0136. The molecular formula is C14H8ClFN2O2. The maximum Gasteiger partial charge on any atom is 0.337 e. The van der Waals surface area contributed by atoms with Gasteiger partial charge in [-0.25, -0.2) is 9.18 Å². The summed E-state index contributed by atoms with van der Waals surface area (Å²) >= 11 is 5.75. The van der Waals surface area contributed by atoms with Crippen molar-refractivity contribution in [3.05, 3.63) is 58.4 Å². The van der Waals surface area contributed by atoms with Crippen LogP contribution in [0.3, 0.4) is 0 Å². The van der Waals surface area contributed by atoms with Crippen molar-refractivity contribution in [3.63, 3.8) is 0 Å². The van der Waals surface area contributed by atoms with E-state index >= 15 is 0 Å². The van der Waals surface area contributed by atoms with Gasteiger partial charge in [-0.1, -0.05) is 11.6 Å². The van der Waals surface area contributed by atoms with Gasteiger partial charge in [-0.05, 0) is 36.4 Å². The third-order valence-electron chi connectivity index (χ3n) is 2.58. The van der Waals surface area contributed by atoms with Crippen LogP contribution >= 0.6 is 11.6 Å². The van der Waals surface area contributed by atoms with Gasteiger partial charge >= 0.3 is 5.97 Å². The van der Waals surface area contributed by atoms with Crippen molar-refractivity contribution in [3.8, 4) is 6.07 Å². The van der Waals surface area contributed by atoms with Crippen LogP contribution in [0.2, 0.25) is 5.02 Å². The Balaban J connectivity index is 2.40. The molecule has 0 fully saturated rings. The number of hydrogen-bond acceptors (Lipinski definition) is 3. The molecule has 2 rings (SSSR count). The van der Waals surface area contributed by atoms with Crippen LogP contribution in [0.1, 0.15) is 15.9 Å². The molecule has 0 unspecified atom stereocenters. The van der Waals surface area contributed by atoms with Crippen LogP contribution in [0.25, 0.3) is 0 Å². The van der Waals surface area contributed by atoms with E-state index in [1.807, 2.05) is 0 Å². The minimum Gasteiger partial charge on any atom is -0.478 e. The van der Waals surface area contributed by atoms with Crippen molar-refractivity contribution in [1.82, 2.24) is 0 Å². The van der Waals surface area contributed by atoms with E-state index in [9.17, 15) is 9.18 Å². The lowest BCUT2D eigenvalue weighted by Crippen LogP contribution is -2.03. The van der Waals surface area contributed by atoms with E-state index in [2.05, 4.69) is 5.32 Å². The molecular weight excluding hydrogens is 283 g/mol. The van der Waals surface area contributed by atoms with Crippen molar-refractivity contribution in [1.29, 1.82) is 5.26 Å². The van der Waals surface area contributed by atoms with Gasteiger partial charge in [-0.3, -0.25) is 0 Å². The second kappa shape index (κ2) is 5.59. The zero-order chi connectivity index (χ0) is 14.7. The van der Waals surface area contributed by atoms with E-state index in [0.717, 1.165) is 6.07 Å². The zero-order valence-electron chi connectivity index (χ0n) is 10.0. The molecule has 0 saturated carbocycles. The molecule has 0 amide bonds. The number of rotatable bonds is 3. The Bertz CT molecular complexity index is 726. The lowest BCUT2D eigenvalue weighted by molar-refractivity contribution is 0.0698. The largest absolute Gasteiger partial charge is 0.478 e. The first-order valence-electron chi connectivity index (χ1n) is 5.51. The topological polar surface area (TPSA) is 73.1 Å². The summed E-state index contributed by atoms with van der Waals surface area (Å²) in [4.78, 5) is 11.1. The van der Waals surface area contributed by atoms with Crippen molar-refractivity contribution >= 4 is 28.9 Å². The molecule has 0 bridgehead atoms. The lowest BCUT2D eigenvalue weighted by Gasteiger charge is -2.10. The number of carboxylic acid groups (broad SMARTS) is 1. The molecule has 0 aliphatic rings. The van der Waals surface area contributed by atoms with Crippen molar-refractivity contribution < 1.29 is 14.3 Å². The first-order chi connectivity index (χ1) is 9.51. The predicted molar refractivity (Wildman–Crippen MR) is 72.8 cm³/mol. The lowest BCUT2D eigenvalue weighted by atomic mass is 10.1. The van der Waals surface area contributed by atoms with Crippen LogP contribution in [-0.4, -0.2) is 11.1 Å². The van der Waals surface area contributed by atoms with E-state index < -0.39 is 11.8 Å². The number of carboxylic acids is 1. The van der Waals surface area contributed by atoms with E-state index in [1.165, 1.54) is 30.3 Å². The number of halogens is 2. The second-order valence-electron chi connectivity index (χ2n) is 3.93. The Kier molecular flexibility index (Phi) is 3.87. The third kappa shape index (κ3) is 2.87. The third-order valence-corrected chi connectivity index (χ3v) is 2.81. The van der Waals surface area contributed by atoms with Crippen molar-refractivity contribution in [2.75, 3.05) is 5.32 Å². The van der Waals surface area contributed by atoms with Gasteiger partial charge in [0.2, 0.25) is 0 Å². The SMILES string of the molecule is N#Cc1cc(Nc2ccc(Cl)cc2C(=O)O)ccc1F. The zero-order valence-corrected chi connectivity index (χ0v) is 10.8. The maximum absolute atomic E-state index is 13.2. The van der Waals surface area contributed by atoms with Gasteiger partial charge in [-0.2, -0.15) is 5.26 Å². The number of carbonyl (C=O) groups is 1. The quantitative estimate of drug-likeness (QED) is 0.902. The van der Waals surface area contributed by atoms with Crippen LogP contribution in [0.15, 0.2) is 36.4 Å². The van der Waals surface area contributed by atoms with Crippen LogP contribution in [0.5, 0.6) is 0 Å². The number of nitriles is 1. The fourth-order valence-electron chi connectivity index (χ4n) is 1.65. The van der Waals surface area contributed by atoms with Crippen molar-refractivity contribution in [2.24, 2.45) is 0 Å². The van der Waals surface area contributed by atoms with Gasteiger partial charge in [0.05, 0.1) is 16.8 Å². The standard InChI is InChI=1S/C14H8ClFN2O2/c15-9-1-4-13(11(6-9)14(19)20)18-10-2-3-12(16)8(5-10)7-17/h1-6,18H,(H,19,20). The summed E-state index contributed by atoms with van der Waals surface area (Å²) in [5.74, 6) is -1.77. The highest BCUT2D eigenvalue weighted by molar-refractivity contribution is 6.31. The van der Waals surface area contributed by atoms with Crippen molar-refractivity contribution in [2.45, 2.75) is 0 Å². The fourth-order valence-corrected chi connectivity index (χ4v) is 1.82. The summed E-state index contributed by atoms with van der Waals surface area (Å²) in [5, 5.41) is 21.0. The van der Waals surface area contributed by atoms with Gasteiger partial charge in [0.1, 0.15) is 11.9 Å². The first kappa shape index (κ1) is 13.8. The Labute approximate surface area is 119 Å². The Hall–Kier alpha value is -2.58. The van der Waals surface area contributed by atoms with Crippen LogP contribution < -0.4 is 5.32 Å². The molecule has 0 aliphatic carbocycles. The van der Waals surface area contributed by atoms with Gasteiger partial charge < -0.3 is 10.4 Å². The van der Waals surface area contributed by atoms with Gasteiger partial charge in [0, 0.05) is 10.7 Å². The minimum atomic E-state index is -1.14. The summed E-state index contributed by atoms with van der Waals surface area (Å²) in [6.07, 6.45) is 0. The normalized spacial score (nSPS) is 9.85. The molecule has 0 radical (unpaired) electrons. The monoisotopic (exact) mass is 290 g/mol. The number of anilines is 2. The summed E-state index contributed by atoms with van der Waals surface area (Å²) in [6.45, 7) is 0. The number of nitrogens with zero attached hydrogens (tertiary/aromatic N) is 1. The van der Waals surface area contributed by atoms with Gasteiger partial charge in [-0.15, -0.1) is 0 Å². The smallest absolute Gasteiger partial charge is 0.337 e. The second-order valence-corrected chi connectivity index (χ2v) is 4.36. The molecule has 2 N–H and O–H groups in total. The fraction of sp³-hybridized carbons (Fsp3) is 0. The molecule has 0 heterocycles. The molecule has 0 spiro atoms. The van der Waals surface area contributed by atoms with E-state index in [4.69, 9.17) is 22.0 Å². The number of nitrogens with one attached hydrogen (secondary N) is 1. The number of hydrogen-bond donors (Lipinski definition) is 2. The highest BCUT2D eigenvalue weighted by Crippen LogP contribution is 2.25. The van der Waals surface area contributed by atoms with Crippen LogP contribution in [0, 0.1) is 17.1 Å². The first-order valence-corrected chi connectivity index (χ1v) is 5.88. The maximum atomic E-state index is 13.2. The van der Waals surface area contributed by atoms with Gasteiger partial charge in [0.25, 0.3) is 0 Å².